The van der Waals surface area contributed by atoms with Crippen LogP contribution in [0.3, 0.4) is 0 Å². The Balaban J connectivity index is 2.95. The molecule has 2 N–H and O–H groups in total. The number of rotatable bonds is 7. The van der Waals surface area contributed by atoms with Gasteiger partial charge in [-0.05, 0) is 25.1 Å². The normalized spacial score (nSPS) is 9.95. The number of benzene rings is 1. The van der Waals surface area contributed by atoms with E-state index in [1.165, 1.54) is 12.1 Å². The first-order valence-corrected chi connectivity index (χ1v) is 5.84. The van der Waals surface area contributed by atoms with Gasteiger partial charge in [-0.2, -0.15) is 0 Å². The third-order valence-corrected chi connectivity index (χ3v) is 2.51. The molecule has 0 heterocycles. The second-order valence-electron chi connectivity index (χ2n) is 4.38. The van der Waals surface area contributed by atoms with Crippen LogP contribution in [0, 0.1) is 0 Å². The molecule has 1 rings (SSSR count). The number of carbonyl (C=O) groups is 2. The van der Waals surface area contributed by atoms with Gasteiger partial charge in [-0.25, -0.2) is 4.79 Å². The van der Waals surface area contributed by atoms with Crippen LogP contribution < -0.4 is 4.90 Å². The standard InChI is InChI=1S/C14H17NO4/c1-10(2)9-15(7-6-13(16)17)12-5-3-4-11(8-12)14(18)19/h3-5,8H,1,6-7,9H2,2H3,(H,16,17)(H,18,19). The van der Waals surface area contributed by atoms with E-state index in [0.29, 0.717) is 18.8 Å². The van der Waals surface area contributed by atoms with Crippen LogP contribution in [0.25, 0.3) is 0 Å². The van der Waals surface area contributed by atoms with E-state index in [1.807, 2.05) is 11.8 Å². The van der Waals surface area contributed by atoms with Gasteiger partial charge in [0.1, 0.15) is 0 Å². The van der Waals surface area contributed by atoms with Crippen molar-refractivity contribution in [3.05, 3.63) is 42.0 Å². The molecule has 0 spiro atoms. The van der Waals surface area contributed by atoms with Gasteiger partial charge in [-0.15, -0.1) is 0 Å². The van der Waals surface area contributed by atoms with Gasteiger partial charge in [0, 0.05) is 18.8 Å². The Kier molecular flexibility index (Phi) is 5.11. The molecule has 0 amide bonds. The smallest absolute Gasteiger partial charge is 0.335 e. The van der Waals surface area contributed by atoms with Gasteiger partial charge in [-0.3, -0.25) is 4.79 Å². The second-order valence-corrected chi connectivity index (χ2v) is 4.38. The lowest BCUT2D eigenvalue weighted by Crippen LogP contribution is -2.27. The first-order valence-electron chi connectivity index (χ1n) is 5.84. The summed E-state index contributed by atoms with van der Waals surface area (Å²) in [5, 5.41) is 17.7. The van der Waals surface area contributed by atoms with Crippen molar-refractivity contribution < 1.29 is 19.8 Å². The van der Waals surface area contributed by atoms with Gasteiger partial charge in [-0.1, -0.05) is 18.2 Å². The number of aliphatic carboxylic acids is 1. The maximum atomic E-state index is 10.9. The van der Waals surface area contributed by atoms with Crippen LogP contribution in [0.4, 0.5) is 5.69 Å². The summed E-state index contributed by atoms with van der Waals surface area (Å²) >= 11 is 0. The van der Waals surface area contributed by atoms with Crippen LogP contribution in [0.1, 0.15) is 23.7 Å². The summed E-state index contributed by atoms with van der Waals surface area (Å²) in [5.41, 5.74) is 1.75. The van der Waals surface area contributed by atoms with Gasteiger partial charge in [0.2, 0.25) is 0 Å². The number of hydrogen-bond acceptors (Lipinski definition) is 3. The Morgan fingerprint density at radius 2 is 2.00 bits per heavy atom. The van der Waals surface area contributed by atoms with Crippen molar-refractivity contribution in [2.24, 2.45) is 0 Å². The maximum Gasteiger partial charge on any atom is 0.335 e. The highest BCUT2D eigenvalue weighted by molar-refractivity contribution is 5.88. The SMILES string of the molecule is C=C(C)CN(CCC(=O)O)c1cccc(C(=O)O)c1. The van der Waals surface area contributed by atoms with Crippen molar-refractivity contribution in [3.63, 3.8) is 0 Å². The van der Waals surface area contributed by atoms with Crippen molar-refractivity contribution in [2.75, 3.05) is 18.0 Å². The molecule has 0 fully saturated rings. The predicted molar refractivity (Wildman–Crippen MR) is 72.7 cm³/mol. The average molecular weight is 263 g/mol. The Bertz CT molecular complexity index is 496. The van der Waals surface area contributed by atoms with Crippen LogP contribution >= 0.6 is 0 Å². The number of anilines is 1. The number of carboxylic acids is 2. The van der Waals surface area contributed by atoms with Crippen molar-refractivity contribution in [2.45, 2.75) is 13.3 Å². The number of nitrogens with zero attached hydrogens (tertiary/aromatic N) is 1. The zero-order chi connectivity index (χ0) is 14.4. The summed E-state index contributed by atoms with van der Waals surface area (Å²) in [6.07, 6.45) is -0.00935. The molecular weight excluding hydrogens is 246 g/mol. The van der Waals surface area contributed by atoms with E-state index in [-0.39, 0.29) is 12.0 Å². The Morgan fingerprint density at radius 1 is 1.32 bits per heavy atom. The fourth-order valence-electron chi connectivity index (χ4n) is 1.69. The first-order chi connectivity index (χ1) is 8.90. The molecule has 0 bridgehead atoms. The van der Waals surface area contributed by atoms with E-state index < -0.39 is 11.9 Å². The summed E-state index contributed by atoms with van der Waals surface area (Å²) in [6, 6.07) is 6.44. The second kappa shape index (κ2) is 6.58. The zero-order valence-electron chi connectivity index (χ0n) is 10.8. The lowest BCUT2D eigenvalue weighted by molar-refractivity contribution is -0.136. The Hall–Kier alpha value is -2.30. The minimum atomic E-state index is -1.00. The van der Waals surface area contributed by atoms with Gasteiger partial charge < -0.3 is 15.1 Å². The van der Waals surface area contributed by atoms with E-state index >= 15 is 0 Å². The van der Waals surface area contributed by atoms with Crippen LogP contribution in [0.2, 0.25) is 0 Å². The minimum Gasteiger partial charge on any atom is -0.481 e. The lowest BCUT2D eigenvalue weighted by atomic mass is 10.1. The van der Waals surface area contributed by atoms with Crippen molar-refractivity contribution in [1.29, 1.82) is 0 Å². The van der Waals surface area contributed by atoms with E-state index in [1.54, 1.807) is 12.1 Å². The summed E-state index contributed by atoms with van der Waals surface area (Å²) in [6.45, 7) is 6.45. The summed E-state index contributed by atoms with van der Waals surface area (Å²) in [4.78, 5) is 23.4. The molecule has 0 unspecified atom stereocenters. The first kappa shape index (κ1) is 14.8. The Labute approximate surface area is 111 Å². The molecule has 5 nitrogen and oxygen atoms in total. The molecule has 0 aliphatic carbocycles. The molecule has 0 saturated heterocycles. The molecule has 0 aromatic heterocycles. The van der Waals surface area contributed by atoms with E-state index in [4.69, 9.17) is 10.2 Å². The monoisotopic (exact) mass is 263 g/mol. The average Bonchev–Trinajstić information content (AvgIpc) is 2.34. The molecule has 19 heavy (non-hydrogen) atoms. The van der Waals surface area contributed by atoms with Gasteiger partial charge in [0.15, 0.2) is 0 Å². The van der Waals surface area contributed by atoms with Gasteiger partial charge in [0.05, 0.1) is 12.0 Å². The zero-order valence-corrected chi connectivity index (χ0v) is 10.8. The molecule has 0 aliphatic heterocycles. The maximum absolute atomic E-state index is 10.9. The Morgan fingerprint density at radius 3 is 2.53 bits per heavy atom. The third kappa shape index (κ3) is 4.83. The summed E-state index contributed by atoms with van der Waals surface area (Å²) < 4.78 is 0. The summed E-state index contributed by atoms with van der Waals surface area (Å²) in [5.74, 6) is -1.89. The molecule has 0 aliphatic rings. The quantitative estimate of drug-likeness (QED) is 0.738. The molecule has 0 radical (unpaired) electrons. The molecule has 102 valence electrons. The largest absolute Gasteiger partial charge is 0.481 e. The molecule has 5 heteroatoms. The van der Waals surface area contributed by atoms with E-state index in [0.717, 1.165) is 5.57 Å². The fourth-order valence-corrected chi connectivity index (χ4v) is 1.69. The van der Waals surface area contributed by atoms with Crippen LogP contribution in [0.5, 0.6) is 0 Å². The van der Waals surface area contributed by atoms with Crippen molar-refractivity contribution >= 4 is 17.6 Å². The number of aromatic carboxylic acids is 1. The number of hydrogen-bond donors (Lipinski definition) is 2. The van der Waals surface area contributed by atoms with E-state index in [2.05, 4.69) is 6.58 Å². The highest BCUT2D eigenvalue weighted by Crippen LogP contribution is 2.18. The van der Waals surface area contributed by atoms with Crippen molar-refractivity contribution in [3.8, 4) is 0 Å². The predicted octanol–water partition coefficient (Wildman–Crippen LogP) is 2.24. The third-order valence-electron chi connectivity index (χ3n) is 2.51. The van der Waals surface area contributed by atoms with Gasteiger partial charge in [0.25, 0.3) is 0 Å². The van der Waals surface area contributed by atoms with Crippen LogP contribution in [-0.2, 0) is 4.79 Å². The molecule has 1 aromatic carbocycles. The molecule has 0 saturated carbocycles. The topological polar surface area (TPSA) is 77.8 Å². The van der Waals surface area contributed by atoms with Gasteiger partial charge >= 0.3 is 11.9 Å². The fraction of sp³-hybridized carbons (Fsp3) is 0.286. The lowest BCUT2D eigenvalue weighted by Gasteiger charge is -2.24. The van der Waals surface area contributed by atoms with Crippen LogP contribution in [0.15, 0.2) is 36.4 Å². The molecular formula is C14H17NO4. The van der Waals surface area contributed by atoms with Crippen molar-refractivity contribution in [1.82, 2.24) is 0 Å². The highest BCUT2D eigenvalue weighted by atomic mass is 16.4. The highest BCUT2D eigenvalue weighted by Gasteiger charge is 2.11. The summed E-state index contributed by atoms with van der Waals surface area (Å²) in [7, 11) is 0. The van der Waals surface area contributed by atoms with Crippen LogP contribution in [-0.4, -0.2) is 35.2 Å². The van der Waals surface area contributed by atoms with E-state index in [9.17, 15) is 9.59 Å². The number of carboxylic acid groups (broad SMARTS) is 2. The molecule has 0 atom stereocenters. The molecule has 1 aromatic rings. The minimum absolute atomic E-state index is 0.00935.